The summed E-state index contributed by atoms with van der Waals surface area (Å²) in [6, 6.07) is 0. The van der Waals surface area contributed by atoms with Crippen molar-refractivity contribution in [3.05, 3.63) is 47.6 Å². The van der Waals surface area contributed by atoms with Crippen LogP contribution in [0.25, 0.3) is 0 Å². The third-order valence-corrected chi connectivity index (χ3v) is 5.26. The molecule has 2 aliphatic rings. The predicted octanol–water partition coefficient (Wildman–Crippen LogP) is 4.44. The van der Waals surface area contributed by atoms with E-state index in [1.54, 1.807) is 0 Å². The van der Waals surface area contributed by atoms with Gasteiger partial charge in [0.1, 0.15) is 0 Å². The zero-order valence-corrected chi connectivity index (χ0v) is 14.1. The van der Waals surface area contributed by atoms with Gasteiger partial charge in [-0.25, -0.2) is 0 Å². The maximum absolute atomic E-state index is 12.8. The second-order valence-corrected chi connectivity index (χ2v) is 6.93. The fourth-order valence-corrected chi connectivity index (χ4v) is 3.84. The summed E-state index contributed by atoms with van der Waals surface area (Å²) < 4.78 is 0. The number of allylic oxidation sites excluding steroid dienone is 6. The van der Waals surface area contributed by atoms with Crippen LogP contribution in [0.4, 0.5) is 0 Å². The number of hydrogen-bond donors (Lipinski definition) is 0. The highest BCUT2D eigenvalue weighted by molar-refractivity contribution is 6.05. The first-order valence-corrected chi connectivity index (χ1v) is 7.98. The first-order valence-electron chi connectivity index (χ1n) is 7.98. The van der Waals surface area contributed by atoms with Crippen LogP contribution in [0.3, 0.4) is 0 Å². The van der Waals surface area contributed by atoms with Gasteiger partial charge in [-0.05, 0) is 63.5 Å². The number of ketones is 2. The molecule has 2 rings (SSSR count). The third-order valence-electron chi connectivity index (χ3n) is 5.26. The fourth-order valence-electron chi connectivity index (χ4n) is 3.84. The molecule has 118 valence electrons. The lowest BCUT2D eigenvalue weighted by molar-refractivity contribution is -0.132. The molecular weight excluding hydrogens is 272 g/mol. The standard InChI is InChI=1S/C20H26O2/c1-11(2)15-9-7-13(5)19(21)17(15)18-16(12(3)4)10-8-14(6)20(18)22/h7-8,15-18H,1,3,9-10H2,2,4-6H3/t15-,16+,17-,18-/m0/s1. The molecule has 0 unspecified atom stereocenters. The van der Waals surface area contributed by atoms with Crippen LogP contribution in [0.2, 0.25) is 0 Å². The first-order chi connectivity index (χ1) is 10.3. The average Bonchev–Trinajstić information content (AvgIpc) is 2.44. The maximum atomic E-state index is 12.8. The Morgan fingerprint density at radius 1 is 0.864 bits per heavy atom. The zero-order valence-electron chi connectivity index (χ0n) is 14.1. The van der Waals surface area contributed by atoms with Gasteiger partial charge in [-0.3, -0.25) is 9.59 Å². The molecule has 0 saturated heterocycles. The normalized spacial score (nSPS) is 32.4. The van der Waals surface area contributed by atoms with Gasteiger partial charge in [-0.2, -0.15) is 0 Å². The fraction of sp³-hybridized carbons (Fsp3) is 0.500. The van der Waals surface area contributed by atoms with Crippen molar-refractivity contribution in [2.75, 3.05) is 0 Å². The summed E-state index contributed by atoms with van der Waals surface area (Å²) in [5, 5.41) is 0. The van der Waals surface area contributed by atoms with Gasteiger partial charge in [-0.15, -0.1) is 0 Å². The molecule has 0 spiro atoms. The Kier molecular flexibility index (Phi) is 4.69. The van der Waals surface area contributed by atoms with Gasteiger partial charge in [-0.1, -0.05) is 36.5 Å². The molecule has 4 atom stereocenters. The van der Waals surface area contributed by atoms with Crippen molar-refractivity contribution in [2.24, 2.45) is 23.7 Å². The van der Waals surface area contributed by atoms with Gasteiger partial charge in [0.2, 0.25) is 0 Å². The molecule has 2 heteroatoms. The zero-order chi connectivity index (χ0) is 16.6. The maximum Gasteiger partial charge on any atom is 0.162 e. The highest BCUT2D eigenvalue weighted by Crippen LogP contribution is 2.44. The van der Waals surface area contributed by atoms with Crippen molar-refractivity contribution in [1.29, 1.82) is 0 Å². The molecule has 2 aliphatic carbocycles. The Bertz CT molecular complexity index is 549. The summed E-state index contributed by atoms with van der Waals surface area (Å²) >= 11 is 0. The summed E-state index contributed by atoms with van der Waals surface area (Å²) in [6.07, 6.45) is 5.58. The second kappa shape index (κ2) is 6.20. The van der Waals surface area contributed by atoms with Gasteiger partial charge in [0.05, 0.1) is 0 Å². The van der Waals surface area contributed by atoms with Crippen LogP contribution < -0.4 is 0 Å². The van der Waals surface area contributed by atoms with Crippen molar-refractivity contribution >= 4 is 11.6 Å². The average molecular weight is 298 g/mol. The highest BCUT2D eigenvalue weighted by Gasteiger charge is 2.46. The van der Waals surface area contributed by atoms with Gasteiger partial charge >= 0.3 is 0 Å². The van der Waals surface area contributed by atoms with E-state index < -0.39 is 0 Å². The van der Waals surface area contributed by atoms with Crippen molar-refractivity contribution in [3.8, 4) is 0 Å². The molecule has 0 fully saturated rings. The lowest BCUT2D eigenvalue weighted by atomic mass is 9.61. The molecule has 0 aromatic carbocycles. The van der Waals surface area contributed by atoms with E-state index in [1.165, 1.54) is 0 Å². The van der Waals surface area contributed by atoms with Gasteiger partial charge in [0.25, 0.3) is 0 Å². The molecule has 0 bridgehead atoms. The van der Waals surface area contributed by atoms with E-state index in [4.69, 9.17) is 0 Å². The first kappa shape index (κ1) is 16.7. The number of rotatable bonds is 3. The van der Waals surface area contributed by atoms with E-state index in [9.17, 15) is 9.59 Å². The van der Waals surface area contributed by atoms with Crippen LogP contribution in [-0.4, -0.2) is 11.6 Å². The van der Waals surface area contributed by atoms with Crippen molar-refractivity contribution < 1.29 is 9.59 Å². The van der Waals surface area contributed by atoms with Crippen LogP contribution in [0.1, 0.15) is 40.5 Å². The molecule has 0 heterocycles. The SMILES string of the molecule is C=C(C)[C@H]1CC=C(C)C(=O)[C@@H]1[C@H]1C(=O)C(C)=CC[C@H]1C(=C)C. The smallest absolute Gasteiger partial charge is 0.162 e. The number of hydrogen-bond acceptors (Lipinski definition) is 2. The lowest BCUT2D eigenvalue weighted by Crippen LogP contribution is -2.44. The Hall–Kier alpha value is -1.70. The van der Waals surface area contributed by atoms with Crippen molar-refractivity contribution in [2.45, 2.75) is 40.5 Å². The van der Waals surface area contributed by atoms with Crippen LogP contribution in [0.15, 0.2) is 47.6 Å². The Labute approximate surface area is 133 Å². The van der Waals surface area contributed by atoms with E-state index in [0.29, 0.717) is 0 Å². The second-order valence-electron chi connectivity index (χ2n) is 6.93. The summed E-state index contributed by atoms with van der Waals surface area (Å²) in [7, 11) is 0. The molecule has 0 aromatic rings. The van der Waals surface area contributed by atoms with E-state index >= 15 is 0 Å². The monoisotopic (exact) mass is 298 g/mol. The topological polar surface area (TPSA) is 34.1 Å². The van der Waals surface area contributed by atoms with Gasteiger partial charge in [0.15, 0.2) is 11.6 Å². The Morgan fingerprint density at radius 3 is 1.45 bits per heavy atom. The van der Waals surface area contributed by atoms with E-state index in [2.05, 4.69) is 13.2 Å². The molecule has 2 nitrogen and oxygen atoms in total. The minimum absolute atomic E-state index is 0.0536. The number of carbonyl (C=O) groups excluding carboxylic acids is 2. The van der Waals surface area contributed by atoms with E-state index in [-0.39, 0.29) is 35.2 Å². The third kappa shape index (κ3) is 2.79. The molecule has 0 saturated carbocycles. The number of carbonyl (C=O) groups is 2. The molecule has 0 N–H and O–H groups in total. The van der Waals surface area contributed by atoms with Crippen LogP contribution in [0, 0.1) is 23.7 Å². The highest BCUT2D eigenvalue weighted by atomic mass is 16.1. The van der Waals surface area contributed by atoms with Gasteiger partial charge < -0.3 is 0 Å². The van der Waals surface area contributed by atoms with E-state index in [0.717, 1.165) is 35.1 Å². The van der Waals surface area contributed by atoms with E-state index in [1.807, 2.05) is 39.8 Å². The summed E-state index contributed by atoms with van der Waals surface area (Å²) in [5.41, 5.74) is 3.54. The predicted molar refractivity (Wildman–Crippen MR) is 90.4 cm³/mol. The minimum atomic E-state index is -0.291. The minimum Gasteiger partial charge on any atom is -0.294 e. The number of Topliss-reactive ketones (excluding diaryl/α,β-unsaturated/α-hetero) is 2. The molecular formula is C20H26O2. The summed E-state index contributed by atoms with van der Waals surface area (Å²) in [6.45, 7) is 15.8. The van der Waals surface area contributed by atoms with Crippen LogP contribution in [-0.2, 0) is 9.59 Å². The van der Waals surface area contributed by atoms with Crippen LogP contribution >= 0.6 is 0 Å². The summed E-state index contributed by atoms with van der Waals surface area (Å²) in [4.78, 5) is 25.7. The lowest BCUT2D eigenvalue weighted by Gasteiger charge is -2.40. The molecule has 0 aromatic heterocycles. The van der Waals surface area contributed by atoms with Crippen molar-refractivity contribution in [1.82, 2.24) is 0 Å². The Morgan fingerprint density at radius 2 is 1.18 bits per heavy atom. The van der Waals surface area contributed by atoms with Gasteiger partial charge in [0, 0.05) is 11.8 Å². The molecule has 0 radical (unpaired) electrons. The quantitative estimate of drug-likeness (QED) is 0.722. The van der Waals surface area contributed by atoms with Crippen LogP contribution in [0.5, 0.6) is 0 Å². The molecule has 22 heavy (non-hydrogen) atoms. The molecule has 0 aliphatic heterocycles. The Balaban J connectivity index is 2.52. The van der Waals surface area contributed by atoms with Crippen molar-refractivity contribution in [3.63, 3.8) is 0 Å². The summed E-state index contributed by atoms with van der Waals surface area (Å²) in [5.74, 6) is -0.256. The largest absolute Gasteiger partial charge is 0.294 e. The molecule has 0 amide bonds.